The lowest BCUT2D eigenvalue weighted by molar-refractivity contribution is -0.0719. The summed E-state index contributed by atoms with van der Waals surface area (Å²) < 4.78 is 11.2. The SMILES string of the molecule is CNC1CCOCC1CN1CCOCC1(C)C. The summed E-state index contributed by atoms with van der Waals surface area (Å²) in [4.78, 5) is 2.56. The lowest BCUT2D eigenvalue weighted by atomic mass is 9.92. The van der Waals surface area contributed by atoms with Gasteiger partial charge < -0.3 is 14.8 Å². The summed E-state index contributed by atoms with van der Waals surface area (Å²) in [5.41, 5.74) is 0.161. The molecule has 2 unspecified atom stereocenters. The Morgan fingerprint density at radius 2 is 2.12 bits per heavy atom. The van der Waals surface area contributed by atoms with Gasteiger partial charge in [-0.15, -0.1) is 0 Å². The van der Waals surface area contributed by atoms with E-state index in [1.54, 1.807) is 0 Å². The second-order valence-corrected chi connectivity index (χ2v) is 5.83. The fourth-order valence-electron chi connectivity index (χ4n) is 2.87. The molecule has 0 aliphatic carbocycles. The third kappa shape index (κ3) is 3.19. The Labute approximate surface area is 105 Å². The molecule has 2 aliphatic heterocycles. The van der Waals surface area contributed by atoms with Crippen molar-refractivity contribution in [2.75, 3.05) is 46.6 Å². The summed E-state index contributed by atoms with van der Waals surface area (Å²) in [5, 5.41) is 3.43. The zero-order chi connectivity index (χ0) is 12.3. The first kappa shape index (κ1) is 13.3. The topological polar surface area (TPSA) is 33.7 Å². The van der Waals surface area contributed by atoms with Crippen LogP contribution in [0, 0.1) is 5.92 Å². The summed E-state index contributed by atoms with van der Waals surface area (Å²) in [6.45, 7) is 10.2. The van der Waals surface area contributed by atoms with Crippen LogP contribution in [0.3, 0.4) is 0 Å². The largest absolute Gasteiger partial charge is 0.381 e. The fourth-order valence-corrected chi connectivity index (χ4v) is 2.87. The molecule has 2 atom stereocenters. The zero-order valence-electron chi connectivity index (χ0n) is 11.4. The maximum Gasteiger partial charge on any atom is 0.0645 e. The zero-order valence-corrected chi connectivity index (χ0v) is 11.4. The summed E-state index contributed by atoms with van der Waals surface area (Å²) in [5.74, 6) is 0.603. The number of morpholine rings is 1. The lowest BCUT2D eigenvalue weighted by Crippen LogP contribution is -2.57. The van der Waals surface area contributed by atoms with Gasteiger partial charge in [-0.2, -0.15) is 0 Å². The van der Waals surface area contributed by atoms with Crippen molar-refractivity contribution in [3.05, 3.63) is 0 Å². The molecule has 1 N–H and O–H groups in total. The minimum absolute atomic E-state index is 0.161. The first-order valence-electron chi connectivity index (χ1n) is 6.71. The molecule has 0 aromatic heterocycles. The van der Waals surface area contributed by atoms with Crippen LogP contribution in [0.15, 0.2) is 0 Å². The molecule has 0 amide bonds. The van der Waals surface area contributed by atoms with Crippen LogP contribution >= 0.6 is 0 Å². The van der Waals surface area contributed by atoms with Crippen molar-refractivity contribution in [3.63, 3.8) is 0 Å². The average Bonchev–Trinajstić information content (AvgIpc) is 2.32. The molecule has 17 heavy (non-hydrogen) atoms. The third-order valence-corrected chi connectivity index (χ3v) is 4.12. The van der Waals surface area contributed by atoms with Crippen LogP contribution in [0.4, 0.5) is 0 Å². The number of ether oxygens (including phenoxy) is 2. The van der Waals surface area contributed by atoms with Crippen LogP contribution in [-0.2, 0) is 9.47 Å². The van der Waals surface area contributed by atoms with Gasteiger partial charge in [0, 0.05) is 37.2 Å². The van der Waals surface area contributed by atoms with Gasteiger partial charge in [-0.3, -0.25) is 4.90 Å². The lowest BCUT2D eigenvalue weighted by Gasteiger charge is -2.45. The first-order chi connectivity index (χ1) is 8.13. The Bertz CT molecular complexity index is 246. The summed E-state index contributed by atoms with van der Waals surface area (Å²) >= 11 is 0. The number of nitrogens with one attached hydrogen (secondary N) is 1. The highest BCUT2D eigenvalue weighted by molar-refractivity contribution is 4.89. The van der Waals surface area contributed by atoms with Crippen LogP contribution < -0.4 is 5.32 Å². The molecule has 0 aromatic carbocycles. The molecule has 0 aromatic rings. The summed E-state index contributed by atoms with van der Waals surface area (Å²) in [6.07, 6.45) is 1.13. The number of hydrogen-bond donors (Lipinski definition) is 1. The smallest absolute Gasteiger partial charge is 0.0645 e. The Hall–Kier alpha value is -0.160. The molecule has 0 bridgehead atoms. The molecular weight excluding hydrogens is 216 g/mol. The van der Waals surface area contributed by atoms with Crippen LogP contribution in [0.1, 0.15) is 20.3 Å². The van der Waals surface area contributed by atoms with Crippen LogP contribution in [0.5, 0.6) is 0 Å². The molecule has 4 heteroatoms. The Balaban J connectivity index is 1.93. The number of hydrogen-bond acceptors (Lipinski definition) is 4. The van der Waals surface area contributed by atoms with Crippen molar-refractivity contribution in [1.29, 1.82) is 0 Å². The first-order valence-corrected chi connectivity index (χ1v) is 6.71. The van der Waals surface area contributed by atoms with Crippen LogP contribution in [-0.4, -0.2) is 63.0 Å². The molecule has 0 radical (unpaired) electrons. The maximum atomic E-state index is 5.63. The quantitative estimate of drug-likeness (QED) is 0.791. The second kappa shape index (κ2) is 5.65. The summed E-state index contributed by atoms with van der Waals surface area (Å²) in [6, 6.07) is 0.599. The van der Waals surface area contributed by atoms with Crippen molar-refractivity contribution < 1.29 is 9.47 Å². The van der Waals surface area contributed by atoms with E-state index in [4.69, 9.17) is 9.47 Å². The molecule has 2 saturated heterocycles. The van der Waals surface area contributed by atoms with Gasteiger partial charge in [0.05, 0.1) is 19.8 Å². The molecule has 2 heterocycles. The minimum atomic E-state index is 0.161. The second-order valence-electron chi connectivity index (χ2n) is 5.83. The van der Waals surface area contributed by atoms with Crippen LogP contribution in [0.25, 0.3) is 0 Å². The minimum Gasteiger partial charge on any atom is -0.381 e. The van der Waals surface area contributed by atoms with Gasteiger partial charge in [0.1, 0.15) is 0 Å². The van der Waals surface area contributed by atoms with Crippen LogP contribution in [0.2, 0.25) is 0 Å². The van der Waals surface area contributed by atoms with Gasteiger partial charge in [0.2, 0.25) is 0 Å². The van der Waals surface area contributed by atoms with Gasteiger partial charge in [-0.1, -0.05) is 0 Å². The molecule has 2 aliphatic rings. The Kier molecular flexibility index (Phi) is 4.42. The molecule has 0 saturated carbocycles. The van der Waals surface area contributed by atoms with E-state index in [2.05, 4.69) is 31.1 Å². The van der Waals surface area contributed by atoms with E-state index in [9.17, 15) is 0 Å². The monoisotopic (exact) mass is 242 g/mol. The predicted octanol–water partition coefficient (Wildman–Crippen LogP) is 0.722. The van der Waals surface area contributed by atoms with Gasteiger partial charge in [-0.05, 0) is 27.3 Å². The van der Waals surface area contributed by atoms with E-state index >= 15 is 0 Å². The van der Waals surface area contributed by atoms with Gasteiger partial charge in [0.25, 0.3) is 0 Å². The van der Waals surface area contributed by atoms with Gasteiger partial charge in [0.15, 0.2) is 0 Å². The maximum absolute atomic E-state index is 5.63. The van der Waals surface area contributed by atoms with Crippen molar-refractivity contribution in [3.8, 4) is 0 Å². The highest BCUT2D eigenvalue weighted by Gasteiger charge is 2.34. The molecule has 100 valence electrons. The predicted molar refractivity (Wildman–Crippen MR) is 68.2 cm³/mol. The molecule has 4 nitrogen and oxygen atoms in total. The normalized spacial score (nSPS) is 34.8. The van der Waals surface area contributed by atoms with Crippen molar-refractivity contribution in [1.82, 2.24) is 10.2 Å². The fraction of sp³-hybridized carbons (Fsp3) is 1.00. The Morgan fingerprint density at radius 1 is 1.29 bits per heavy atom. The van der Waals surface area contributed by atoms with E-state index in [1.807, 2.05) is 0 Å². The van der Waals surface area contributed by atoms with E-state index in [0.717, 1.165) is 45.9 Å². The number of nitrogens with zero attached hydrogens (tertiary/aromatic N) is 1. The van der Waals surface area contributed by atoms with E-state index in [0.29, 0.717) is 12.0 Å². The third-order valence-electron chi connectivity index (χ3n) is 4.12. The van der Waals surface area contributed by atoms with Crippen molar-refractivity contribution >= 4 is 0 Å². The molecule has 0 spiro atoms. The Morgan fingerprint density at radius 3 is 2.82 bits per heavy atom. The molecule has 2 fully saturated rings. The van der Waals surface area contributed by atoms with Crippen molar-refractivity contribution in [2.45, 2.75) is 31.8 Å². The highest BCUT2D eigenvalue weighted by Crippen LogP contribution is 2.23. The molecule has 2 rings (SSSR count). The number of rotatable bonds is 3. The van der Waals surface area contributed by atoms with Crippen molar-refractivity contribution in [2.24, 2.45) is 5.92 Å². The van der Waals surface area contributed by atoms with Gasteiger partial charge in [-0.25, -0.2) is 0 Å². The molecular formula is C13H26N2O2. The summed E-state index contributed by atoms with van der Waals surface area (Å²) in [7, 11) is 2.06. The van der Waals surface area contributed by atoms with Gasteiger partial charge >= 0.3 is 0 Å². The van der Waals surface area contributed by atoms with E-state index in [-0.39, 0.29) is 5.54 Å². The van der Waals surface area contributed by atoms with E-state index < -0.39 is 0 Å². The van der Waals surface area contributed by atoms with E-state index in [1.165, 1.54) is 0 Å². The average molecular weight is 242 g/mol. The standard InChI is InChI=1S/C13H26N2O2/c1-13(2)10-17-7-5-15(13)8-11-9-16-6-4-12(11)14-3/h11-12,14H,4-10H2,1-3H3. The highest BCUT2D eigenvalue weighted by atomic mass is 16.5.